The maximum atomic E-state index is 12.4. The second-order valence-corrected chi connectivity index (χ2v) is 9.51. The highest BCUT2D eigenvalue weighted by molar-refractivity contribution is 5.92. The third kappa shape index (κ3) is 2.09. The van der Waals surface area contributed by atoms with Gasteiger partial charge in [-0.2, -0.15) is 0 Å². The first-order valence-electron chi connectivity index (χ1n) is 9.99. The highest BCUT2D eigenvalue weighted by Gasteiger charge is 2.64. The number of carbonyl (C=O) groups excluding carboxylic acids is 2. The fourth-order valence-electron chi connectivity index (χ4n) is 6.87. The van der Waals surface area contributed by atoms with Gasteiger partial charge in [-0.3, -0.25) is 9.59 Å². The van der Waals surface area contributed by atoms with Crippen molar-refractivity contribution in [1.82, 2.24) is 0 Å². The molecule has 6 atom stereocenters. The molecule has 0 spiro atoms. The molecule has 0 saturated heterocycles. The number of carbonyl (C=O) groups is 2. The summed E-state index contributed by atoms with van der Waals surface area (Å²) in [6, 6.07) is 0. The topological polar surface area (TPSA) is 74.6 Å². The highest BCUT2D eigenvalue weighted by atomic mass is 16.3. The largest absolute Gasteiger partial charge is 0.388 e. The van der Waals surface area contributed by atoms with Crippen LogP contribution in [0.3, 0.4) is 0 Å². The van der Waals surface area contributed by atoms with E-state index >= 15 is 0 Å². The van der Waals surface area contributed by atoms with Crippen LogP contribution in [0.2, 0.25) is 0 Å². The molecule has 4 aliphatic carbocycles. The second kappa shape index (κ2) is 5.62. The van der Waals surface area contributed by atoms with Gasteiger partial charge in [-0.1, -0.05) is 38.0 Å². The fraction of sp³-hybridized carbons (Fsp3) is 0.727. The van der Waals surface area contributed by atoms with Crippen LogP contribution in [0.15, 0.2) is 23.3 Å². The third-order valence-electron chi connectivity index (χ3n) is 8.42. The van der Waals surface area contributed by atoms with E-state index in [0.29, 0.717) is 31.1 Å². The van der Waals surface area contributed by atoms with E-state index in [4.69, 9.17) is 0 Å². The van der Waals surface area contributed by atoms with Crippen molar-refractivity contribution in [3.05, 3.63) is 23.3 Å². The van der Waals surface area contributed by atoms with Gasteiger partial charge < -0.3 is 10.2 Å². The minimum atomic E-state index is -1.42. The smallest absolute Gasteiger partial charge is 0.190 e. The quantitative estimate of drug-likeness (QED) is 0.744. The summed E-state index contributed by atoms with van der Waals surface area (Å²) in [4.78, 5) is 24.4. The van der Waals surface area contributed by atoms with Gasteiger partial charge in [0.2, 0.25) is 0 Å². The van der Waals surface area contributed by atoms with Gasteiger partial charge in [-0.05, 0) is 55.9 Å². The lowest BCUT2D eigenvalue weighted by Gasteiger charge is -2.56. The zero-order chi connectivity index (χ0) is 18.9. The van der Waals surface area contributed by atoms with E-state index in [1.807, 2.05) is 13.0 Å². The van der Waals surface area contributed by atoms with E-state index in [1.54, 1.807) is 0 Å². The van der Waals surface area contributed by atoms with Crippen LogP contribution in [0.5, 0.6) is 0 Å². The Labute approximate surface area is 155 Å². The van der Waals surface area contributed by atoms with Crippen LogP contribution in [-0.4, -0.2) is 34.0 Å². The maximum Gasteiger partial charge on any atom is 0.190 e. The highest BCUT2D eigenvalue weighted by Crippen LogP contribution is 2.66. The van der Waals surface area contributed by atoms with E-state index in [2.05, 4.69) is 19.9 Å². The third-order valence-corrected chi connectivity index (χ3v) is 8.42. The minimum Gasteiger partial charge on any atom is -0.388 e. The molecule has 26 heavy (non-hydrogen) atoms. The summed E-state index contributed by atoms with van der Waals surface area (Å²) in [5.74, 6) is 0.753. The summed E-state index contributed by atoms with van der Waals surface area (Å²) in [7, 11) is 0. The Balaban J connectivity index is 1.79. The van der Waals surface area contributed by atoms with E-state index in [9.17, 15) is 19.8 Å². The fourth-order valence-corrected chi connectivity index (χ4v) is 6.87. The number of hydrogen-bond donors (Lipinski definition) is 2. The molecule has 0 aromatic heterocycles. The van der Waals surface area contributed by atoms with Gasteiger partial charge >= 0.3 is 0 Å². The maximum absolute atomic E-state index is 12.4. The number of aliphatic hydroxyl groups is 2. The Hall–Kier alpha value is -1.26. The molecular formula is C22H30O4. The monoisotopic (exact) mass is 358 g/mol. The van der Waals surface area contributed by atoms with Crippen molar-refractivity contribution in [2.75, 3.05) is 6.61 Å². The lowest BCUT2D eigenvalue weighted by Crippen LogP contribution is -2.56. The van der Waals surface area contributed by atoms with Crippen molar-refractivity contribution in [3.8, 4) is 0 Å². The van der Waals surface area contributed by atoms with Gasteiger partial charge in [-0.25, -0.2) is 0 Å². The molecule has 0 bridgehead atoms. The number of fused-ring (bicyclic) bond motifs is 5. The van der Waals surface area contributed by atoms with Crippen LogP contribution in [-0.2, 0) is 9.59 Å². The number of ketones is 2. The van der Waals surface area contributed by atoms with Gasteiger partial charge in [0.1, 0.15) is 12.2 Å². The van der Waals surface area contributed by atoms with Crippen LogP contribution >= 0.6 is 0 Å². The Kier molecular flexibility index (Phi) is 3.92. The summed E-state index contributed by atoms with van der Waals surface area (Å²) < 4.78 is 0. The Morgan fingerprint density at radius 3 is 2.69 bits per heavy atom. The predicted molar refractivity (Wildman–Crippen MR) is 98.3 cm³/mol. The van der Waals surface area contributed by atoms with Gasteiger partial charge in [0.05, 0.1) is 0 Å². The predicted octanol–water partition coefficient (Wildman–Crippen LogP) is 2.98. The van der Waals surface area contributed by atoms with Gasteiger partial charge in [0.25, 0.3) is 0 Å². The standard InChI is InChI=1S/C22H30O4/c1-13-10-15-16(20(2)7-4-14(24)11-18(13)20)5-8-21(3)17(15)6-9-22(21,26)19(25)12-23/h5,11,13,15,17,23,26H,4,6-10,12H2,1-3H3. The first-order chi connectivity index (χ1) is 12.2. The van der Waals surface area contributed by atoms with Gasteiger partial charge in [-0.15, -0.1) is 0 Å². The molecule has 0 aromatic rings. The molecule has 4 aliphatic rings. The molecule has 4 nitrogen and oxygen atoms in total. The minimum absolute atomic E-state index is 0.0563. The lowest BCUT2D eigenvalue weighted by molar-refractivity contribution is -0.155. The summed E-state index contributed by atoms with van der Waals surface area (Å²) in [5, 5.41) is 20.6. The van der Waals surface area contributed by atoms with E-state index in [0.717, 1.165) is 19.3 Å². The normalized spacial score (nSPS) is 47.4. The molecule has 0 amide bonds. The summed E-state index contributed by atoms with van der Waals surface area (Å²) in [5.41, 5.74) is 0.719. The van der Waals surface area contributed by atoms with Gasteiger partial charge in [0, 0.05) is 17.3 Å². The Bertz CT molecular complexity index is 734. The number of allylic oxidation sites excluding steroid dienone is 4. The van der Waals surface area contributed by atoms with Crippen LogP contribution < -0.4 is 0 Å². The average Bonchev–Trinajstić information content (AvgIpc) is 2.88. The number of hydrogen-bond acceptors (Lipinski definition) is 4. The van der Waals surface area contributed by atoms with Crippen LogP contribution in [0.4, 0.5) is 0 Å². The average molecular weight is 358 g/mol. The van der Waals surface area contributed by atoms with E-state index in [1.165, 1.54) is 11.1 Å². The molecular weight excluding hydrogens is 328 g/mol. The molecule has 6 unspecified atom stereocenters. The van der Waals surface area contributed by atoms with Crippen molar-refractivity contribution < 1.29 is 19.8 Å². The van der Waals surface area contributed by atoms with Crippen LogP contribution in [0.1, 0.15) is 59.3 Å². The molecule has 0 aliphatic heterocycles. The number of aliphatic hydroxyl groups excluding tert-OH is 1. The molecule has 0 radical (unpaired) electrons. The Morgan fingerprint density at radius 1 is 1.27 bits per heavy atom. The van der Waals surface area contributed by atoms with Gasteiger partial charge in [0.15, 0.2) is 11.6 Å². The second-order valence-electron chi connectivity index (χ2n) is 9.51. The summed E-state index contributed by atoms with van der Waals surface area (Å²) in [6.45, 7) is 5.94. The van der Waals surface area contributed by atoms with E-state index < -0.39 is 23.4 Å². The van der Waals surface area contributed by atoms with Crippen molar-refractivity contribution in [1.29, 1.82) is 0 Å². The van der Waals surface area contributed by atoms with Crippen LogP contribution in [0.25, 0.3) is 0 Å². The molecule has 4 rings (SSSR count). The molecule has 142 valence electrons. The molecule has 2 N–H and O–H groups in total. The molecule has 0 heterocycles. The van der Waals surface area contributed by atoms with E-state index in [-0.39, 0.29) is 17.1 Å². The molecule has 4 heteroatoms. The van der Waals surface area contributed by atoms with Crippen molar-refractivity contribution in [3.63, 3.8) is 0 Å². The van der Waals surface area contributed by atoms with Crippen LogP contribution in [0, 0.1) is 28.6 Å². The number of rotatable bonds is 2. The van der Waals surface area contributed by atoms with Crippen molar-refractivity contribution >= 4 is 11.6 Å². The summed E-state index contributed by atoms with van der Waals surface area (Å²) in [6.07, 6.45) is 8.52. The summed E-state index contributed by atoms with van der Waals surface area (Å²) >= 11 is 0. The SMILES string of the molecule is CC1CC2C(=CCC3(C)C2CCC3(O)C(=O)CO)C2(C)CCC(=O)C=C12. The molecule has 0 aromatic carbocycles. The van der Waals surface area contributed by atoms with Crippen molar-refractivity contribution in [2.24, 2.45) is 28.6 Å². The first kappa shape index (κ1) is 18.1. The lowest BCUT2D eigenvalue weighted by atomic mass is 9.49. The molecule has 2 saturated carbocycles. The zero-order valence-electron chi connectivity index (χ0n) is 16.0. The number of Topliss-reactive ketones (excluding diaryl/α,β-unsaturated/α-hetero) is 1. The first-order valence-corrected chi connectivity index (χ1v) is 9.99. The molecule has 2 fully saturated rings. The Morgan fingerprint density at radius 2 is 2.00 bits per heavy atom. The zero-order valence-corrected chi connectivity index (χ0v) is 16.0. The van der Waals surface area contributed by atoms with Crippen molar-refractivity contribution in [2.45, 2.75) is 64.9 Å².